The van der Waals surface area contributed by atoms with E-state index in [0.29, 0.717) is 11.1 Å². The monoisotopic (exact) mass is 283 g/mol. The third-order valence-electron chi connectivity index (χ3n) is 3.94. The van der Waals surface area contributed by atoms with Crippen LogP contribution in [0.4, 0.5) is 5.82 Å². The zero-order chi connectivity index (χ0) is 14.2. The summed E-state index contributed by atoms with van der Waals surface area (Å²) < 4.78 is 0. The van der Waals surface area contributed by atoms with Crippen LogP contribution < -0.4 is 4.90 Å². The maximum Gasteiger partial charge on any atom is 0.137 e. The average Bonchev–Trinajstić information content (AvgIpc) is 2.73. The van der Waals surface area contributed by atoms with Crippen LogP contribution in [-0.2, 0) is 0 Å². The van der Waals surface area contributed by atoms with Gasteiger partial charge < -0.3 is 10.0 Å². The van der Waals surface area contributed by atoms with E-state index in [9.17, 15) is 5.11 Å². The summed E-state index contributed by atoms with van der Waals surface area (Å²) in [6.45, 7) is 9.29. The van der Waals surface area contributed by atoms with Gasteiger partial charge in [0.2, 0.25) is 0 Å². The molecule has 2 atom stereocenters. The van der Waals surface area contributed by atoms with Crippen molar-refractivity contribution in [3.8, 4) is 0 Å². The lowest BCUT2D eigenvalue weighted by Crippen LogP contribution is -2.36. The summed E-state index contributed by atoms with van der Waals surface area (Å²) in [7, 11) is 0. The number of aromatic nitrogens is 2. The molecule has 106 valence electrons. The first kappa shape index (κ1) is 14.5. The summed E-state index contributed by atoms with van der Waals surface area (Å²) in [4.78, 5) is 11.2. The van der Waals surface area contributed by atoms with Gasteiger partial charge in [-0.15, -0.1) is 0 Å². The zero-order valence-corrected chi connectivity index (χ0v) is 12.8. The Morgan fingerprint density at radius 3 is 2.68 bits per heavy atom. The molecule has 2 unspecified atom stereocenters. The van der Waals surface area contributed by atoms with Crippen molar-refractivity contribution in [3.63, 3.8) is 0 Å². The van der Waals surface area contributed by atoms with Gasteiger partial charge in [0.1, 0.15) is 16.8 Å². The van der Waals surface area contributed by atoms with E-state index in [4.69, 9.17) is 11.6 Å². The summed E-state index contributed by atoms with van der Waals surface area (Å²) in [6, 6.07) is 0.129. The van der Waals surface area contributed by atoms with Crippen LogP contribution in [0.1, 0.15) is 44.5 Å². The molecule has 2 heterocycles. The zero-order valence-electron chi connectivity index (χ0n) is 12.0. The first-order valence-corrected chi connectivity index (χ1v) is 7.25. The van der Waals surface area contributed by atoms with Crippen molar-refractivity contribution in [2.45, 2.75) is 46.1 Å². The quantitative estimate of drug-likeness (QED) is 0.867. The molecule has 0 radical (unpaired) electrons. The minimum Gasteiger partial charge on any atom is -0.394 e. The van der Waals surface area contributed by atoms with E-state index in [1.54, 1.807) is 0 Å². The molecular formula is C14H22ClN3O. The maximum absolute atomic E-state index is 9.59. The highest BCUT2D eigenvalue weighted by atomic mass is 35.5. The summed E-state index contributed by atoms with van der Waals surface area (Å²) in [5.74, 6) is 2.36. The van der Waals surface area contributed by atoms with E-state index in [1.807, 2.05) is 6.92 Å². The molecule has 0 amide bonds. The third kappa shape index (κ3) is 2.70. The fourth-order valence-electron chi connectivity index (χ4n) is 2.58. The number of anilines is 1. The second-order valence-corrected chi connectivity index (χ2v) is 6.04. The Bertz CT molecular complexity index is 464. The molecule has 1 aliphatic rings. The normalized spacial score (nSPS) is 23.4. The van der Waals surface area contributed by atoms with Crippen LogP contribution in [0, 0.1) is 12.8 Å². The van der Waals surface area contributed by atoms with Gasteiger partial charge in [-0.05, 0) is 19.3 Å². The van der Waals surface area contributed by atoms with Crippen LogP contribution in [-0.4, -0.2) is 34.3 Å². The topological polar surface area (TPSA) is 49.2 Å². The molecule has 1 aliphatic heterocycles. The Kier molecular flexibility index (Phi) is 4.31. The second-order valence-electron chi connectivity index (χ2n) is 5.69. The van der Waals surface area contributed by atoms with Gasteiger partial charge in [-0.25, -0.2) is 9.97 Å². The largest absolute Gasteiger partial charge is 0.394 e. The predicted molar refractivity (Wildman–Crippen MR) is 77.9 cm³/mol. The Hall–Kier alpha value is -0.870. The third-order valence-corrected chi connectivity index (χ3v) is 4.30. The molecule has 19 heavy (non-hydrogen) atoms. The highest BCUT2D eigenvalue weighted by molar-refractivity contribution is 6.30. The summed E-state index contributed by atoms with van der Waals surface area (Å²) in [5, 5.41) is 10.1. The highest BCUT2D eigenvalue weighted by Crippen LogP contribution is 2.33. The fraction of sp³-hybridized carbons (Fsp3) is 0.714. The van der Waals surface area contributed by atoms with Crippen molar-refractivity contribution in [3.05, 3.63) is 16.5 Å². The van der Waals surface area contributed by atoms with Crippen molar-refractivity contribution < 1.29 is 5.11 Å². The molecule has 1 aromatic rings. The number of hydrogen-bond acceptors (Lipinski definition) is 4. The lowest BCUT2D eigenvalue weighted by atomic mass is 10.0. The minimum absolute atomic E-state index is 0.129. The summed E-state index contributed by atoms with van der Waals surface area (Å²) in [6.07, 6.45) is 1.07. The van der Waals surface area contributed by atoms with Crippen molar-refractivity contribution in [1.29, 1.82) is 0 Å². The first-order chi connectivity index (χ1) is 8.95. The molecule has 1 N–H and O–H groups in total. The molecule has 5 heteroatoms. The molecule has 4 nitrogen and oxygen atoms in total. The van der Waals surface area contributed by atoms with E-state index in [0.717, 1.165) is 30.2 Å². The molecule has 0 aromatic carbocycles. The molecule has 2 rings (SSSR count). The van der Waals surface area contributed by atoms with E-state index in [1.165, 1.54) is 0 Å². The molecule has 0 bridgehead atoms. The van der Waals surface area contributed by atoms with Gasteiger partial charge >= 0.3 is 0 Å². The van der Waals surface area contributed by atoms with E-state index in [2.05, 4.69) is 35.6 Å². The van der Waals surface area contributed by atoms with E-state index >= 15 is 0 Å². The van der Waals surface area contributed by atoms with Gasteiger partial charge in [0.05, 0.1) is 12.6 Å². The van der Waals surface area contributed by atoms with E-state index < -0.39 is 0 Å². The molecule has 0 saturated carbocycles. The van der Waals surface area contributed by atoms with Gasteiger partial charge in [-0.3, -0.25) is 0 Å². The lowest BCUT2D eigenvalue weighted by Gasteiger charge is -2.28. The standard InChI is InChI=1S/C14H22ClN3O/c1-8(2)13-16-12(15)10(4)14(17-13)18-6-5-9(3)11(18)7-19/h8-9,11,19H,5-7H2,1-4H3. The van der Waals surface area contributed by atoms with Crippen molar-refractivity contribution in [2.24, 2.45) is 5.92 Å². The van der Waals surface area contributed by atoms with Crippen LogP contribution >= 0.6 is 11.6 Å². The summed E-state index contributed by atoms with van der Waals surface area (Å²) >= 11 is 6.23. The molecule has 1 saturated heterocycles. The second kappa shape index (κ2) is 5.63. The number of halogens is 1. The number of rotatable bonds is 3. The predicted octanol–water partition coefficient (Wildman–Crippen LogP) is 2.77. The Labute approximate surface area is 119 Å². The fourth-order valence-corrected chi connectivity index (χ4v) is 2.75. The van der Waals surface area contributed by atoms with Crippen LogP contribution in [0.15, 0.2) is 0 Å². The Morgan fingerprint density at radius 2 is 2.11 bits per heavy atom. The molecule has 1 aromatic heterocycles. The molecule has 0 spiro atoms. The van der Waals surface area contributed by atoms with Crippen LogP contribution in [0.3, 0.4) is 0 Å². The molecule has 1 fully saturated rings. The summed E-state index contributed by atoms with van der Waals surface area (Å²) in [5.41, 5.74) is 0.901. The van der Waals surface area contributed by atoms with Crippen molar-refractivity contribution >= 4 is 17.4 Å². The number of hydrogen-bond donors (Lipinski definition) is 1. The SMILES string of the molecule is Cc1c(Cl)nc(C(C)C)nc1N1CCC(C)C1CO. The maximum atomic E-state index is 9.59. The highest BCUT2D eigenvalue weighted by Gasteiger charge is 2.33. The van der Waals surface area contributed by atoms with Crippen molar-refractivity contribution in [1.82, 2.24) is 9.97 Å². The first-order valence-electron chi connectivity index (χ1n) is 6.87. The van der Waals surface area contributed by atoms with Crippen LogP contribution in [0.2, 0.25) is 5.15 Å². The van der Waals surface area contributed by atoms with Gasteiger partial charge in [-0.2, -0.15) is 0 Å². The number of aliphatic hydroxyl groups excluding tert-OH is 1. The average molecular weight is 284 g/mol. The minimum atomic E-state index is 0.129. The Balaban J connectivity index is 2.44. The number of nitrogens with zero attached hydrogens (tertiary/aromatic N) is 3. The van der Waals surface area contributed by atoms with E-state index in [-0.39, 0.29) is 18.6 Å². The number of aliphatic hydroxyl groups is 1. The lowest BCUT2D eigenvalue weighted by molar-refractivity contribution is 0.244. The van der Waals surface area contributed by atoms with Gasteiger partial charge in [0.15, 0.2) is 0 Å². The van der Waals surface area contributed by atoms with Gasteiger partial charge in [0.25, 0.3) is 0 Å². The van der Waals surface area contributed by atoms with Crippen molar-refractivity contribution in [2.75, 3.05) is 18.1 Å². The molecule has 0 aliphatic carbocycles. The molecular weight excluding hydrogens is 262 g/mol. The Morgan fingerprint density at radius 1 is 1.42 bits per heavy atom. The smallest absolute Gasteiger partial charge is 0.137 e. The van der Waals surface area contributed by atoms with Gasteiger partial charge in [0, 0.05) is 18.0 Å². The van der Waals surface area contributed by atoms with Crippen LogP contribution in [0.5, 0.6) is 0 Å². The van der Waals surface area contributed by atoms with Gasteiger partial charge in [-0.1, -0.05) is 32.4 Å². The van der Waals surface area contributed by atoms with Crippen LogP contribution in [0.25, 0.3) is 0 Å².